The van der Waals surface area contributed by atoms with Crippen LogP contribution in [-0.4, -0.2) is 34.8 Å². The maximum absolute atomic E-state index is 12.6. The van der Waals surface area contributed by atoms with Crippen LogP contribution >= 0.6 is 0 Å². The van der Waals surface area contributed by atoms with Gasteiger partial charge in [-0.15, -0.1) is 0 Å². The Kier molecular flexibility index (Phi) is 3.55. The van der Waals surface area contributed by atoms with Crippen LogP contribution in [0.25, 0.3) is 0 Å². The minimum Gasteiger partial charge on any atom is -0.369 e. The SMILES string of the molecule is NC(=O)C1CCN(C(=O)c2ccc(F)nc2)CC1. The van der Waals surface area contributed by atoms with Gasteiger partial charge in [0.05, 0.1) is 5.56 Å². The second-order valence-corrected chi connectivity index (χ2v) is 4.34. The predicted molar refractivity (Wildman–Crippen MR) is 62.0 cm³/mol. The van der Waals surface area contributed by atoms with E-state index in [0.29, 0.717) is 31.5 Å². The summed E-state index contributed by atoms with van der Waals surface area (Å²) in [6.45, 7) is 0.980. The average Bonchev–Trinajstić information content (AvgIpc) is 2.39. The molecule has 1 aliphatic rings. The topological polar surface area (TPSA) is 76.3 Å². The molecule has 1 saturated heterocycles. The van der Waals surface area contributed by atoms with E-state index < -0.39 is 5.95 Å². The van der Waals surface area contributed by atoms with E-state index in [1.807, 2.05) is 0 Å². The molecular formula is C12H14FN3O2. The quantitative estimate of drug-likeness (QED) is 0.780. The number of halogens is 1. The van der Waals surface area contributed by atoms with Gasteiger partial charge >= 0.3 is 0 Å². The summed E-state index contributed by atoms with van der Waals surface area (Å²) in [5.74, 6) is -1.27. The highest BCUT2D eigenvalue weighted by atomic mass is 19.1. The number of amides is 2. The Morgan fingerprint density at radius 1 is 1.33 bits per heavy atom. The molecule has 2 heterocycles. The second-order valence-electron chi connectivity index (χ2n) is 4.34. The van der Waals surface area contributed by atoms with Gasteiger partial charge < -0.3 is 10.6 Å². The minimum absolute atomic E-state index is 0.152. The lowest BCUT2D eigenvalue weighted by molar-refractivity contribution is -0.123. The van der Waals surface area contributed by atoms with Crippen LogP contribution in [0.1, 0.15) is 23.2 Å². The highest BCUT2D eigenvalue weighted by molar-refractivity contribution is 5.94. The molecule has 0 bridgehead atoms. The number of primary amides is 1. The number of hydrogen-bond donors (Lipinski definition) is 1. The first kappa shape index (κ1) is 12.5. The van der Waals surface area contributed by atoms with Gasteiger partial charge in [-0.05, 0) is 25.0 Å². The lowest BCUT2D eigenvalue weighted by atomic mass is 9.96. The molecule has 2 rings (SSSR count). The zero-order valence-corrected chi connectivity index (χ0v) is 9.80. The third-order valence-corrected chi connectivity index (χ3v) is 3.16. The standard InChI is InChI=1S/C12H14FN3O2/c13-10-2-1-9(7-15-10)12(18)16-5-3-8(4-6-16)11(14)17/h1-2,7-8H,3-6H2,(H2,14,17). The number of carbonyl (C=O) groups excluding carboxylic acids is 2. The van der Waals surface area contributed by atoms with Gasteiger partial charge in [-0.25, -0.2) is 4.98 Å². The van der Waals surface area contributed by atoms with Crippen molar-refractivity contribution in [3.05, 3.63) is 29.8 Å². The summed E-state index contributed by atoms with van der Waals surface area (Å²) in [7, 11) is 0. The van der Waals surface area contributed by atoms with Crippen molar-refractivity contribution in [3.63, 3.8) is 0 Å². The van der Waals surface area contributed by atoms with E-state index in [0.717, 1.165) is 6.07 Å². The molecule has 96 valence electrons. The number of carbonyl (C=O) groups is 2. The van der Waals surface area contributed by atoms with Crippen LogP contribution in [0.15, 0.2) is 18.3 Å². The molecule has 0 aromatic carbocycles. The number of hydrogen-bond acceptors (Lipinski definition) is 3. The smallest absolute Gasteiger partial charge is 0.255 e. The second kappa shape index (κ2) is 5.12. The summed E-state index contributed by atoms with van der Waals surface area (Å²) in [5, 5.41) is 0. The fourth-order valence-corrected chi connectivity index (χ4v) is 2.05. The van der Waals surface area contributed by atoms with E-state index in [4.69, 9.17) is 5.73 Å². The maximum Gasteiger partial charge on any atom is 0.255 e. The summed E-state index contributed by atoms with van der Waals surface area (Å²) in [6.07, 6.45) is 2.38. The van der Waals surface area contributed by atoms with Crippen LogP contribution in [0, 0.1) is 11.9 Å². The Labute approximate surface area is 104 Å². The summed E-state index contributed by atoms with van der Waals surface area (Å²) in [4.78, 5) is 28.1. The molecule has 18 heavy (non-hydrogen) atoms. The highest BCUT2D eigenvalue weighted by Crippen LogP contribution is 2.18. The molecule has 2 N–H and O–H groups in total. The predicted octanol–water partition coefficient (Wildman–Crippen LogP) is 0.558. The number of nitrogens with zero attached hydrogens (tertiary/aromatic N) is 2. The van der Waals surface area contributed by atoms with Crippen LogP contribution in [0.2, 0.25) is 0 Å². The third kappa shape index (κ3) is 2.64. The third-order valence-electron chi connectivity index (χ3n) is 3.16. The lowest BCUT2D eigenvalue weighted by Gasteiger charge is -2.30. The van der Waals surface area contributed by atoms with E-state index in [-0.39, 0.29) is 17.7 Å². The molecule has 2 amide bonds. The van der Waals surface area contributed by atoms with Crippen LogP contribution < -0.4 is 5.73 Å². The van der Waals surface area contributed by atoms with Crippen LogP contribution in [0.5, 0.6) is 0 Å². The van der Waals surface area contributed by atoms with Crippen molar-refractivity contribution in [1.82, 2.24) is 9.88 Å². The lowest BCUT2D eigenvalue weighted by Crippen LogP contribution is -2.41. The zero-order valence-electron chi connectivity index (χ0n) is 9.80. The molecule has 5 nitrogen and oxygen atoms in total. The molecule has 0 atom stereocenters. The molecule has 1 aliphatic heterocycles. The number of likely N-dealkylation sites (tertiary alicyclic amines) is 1. The molecule has 1 fully saturated rings. The van der Waals surface area contributed by atoms with Crippen molar-refractivity contribution < 1.29 is 14.0 Å². The van der Waals surface area contributed by atoms with Gasteiger partial charge in [0, 0.05) is 25.2 Å². The van der Waals surface area contributed by atoms with Crippen LogP contribution in [0.4, 0.5) is 4.39 Å². The van der Waals surface area contributed by atoms with Crippen molar-refractivity contribution >= 4 is 11.8 Å². The monoisotopic (exact) mass is 251 g/mol. The van der Waals surface area contributed by atoms with E-state index in [9.17, 15) is 14.0 Å². The highest BCUT2D eigenvalue weighted by Gasteiger charge is 2.26. The number of aromatic nitrogens is 1. The Bertz CT molecular complexity index is 453. The summed E-state index contributed by atoms with van der Waals surface area (Å²) in [5.41, 5.74) is 5.58. The molecular weight excluding hydrogens is 237 g/mol. The number of nitrogens with two attached hydrogens (primary N) is 1. The van der Waals surface area contributed by atoms with Gasteiger partial charge in [0.2, 0.25) is 11.9 Å². The first-order valence-corrected chi connectivity index (χ1v) is 5.78. The normalized spacial score (nSPS) is 16.6. The maximum atomic E-state index is 12.6. The summed E-state index contributed by atoms with van der Waals surface area (Å²) < 4.78 is 12.6. The fourth-order valence-electron chi connectivity index (χ4n) is 2.05. The Hall–Kier alpha value is -1.98. The van der Waals surface area contributed by atoms with Crippen molar-refractivity contribution in [2.24, 2.45) is 11.7 Å². The van der Waals surface area contributed by atoms with Crippen LogP contribution in [-0.2, 0) is 4.79 Å². The van der Waals surface area contributed by atoms with E-state index in [2.05, 4.69) is 4.98 Å². The minimum atomic E-state index is -0.612. The van der Waals surface area contributed by atoms with Gasteiger partial charge in [0.1, 0.15) is 0 Å². The molecule has 0 spiro atoms. The van der Waals surface area contributed by atoms with E-state index >= 15 is 0 Å². The Morgan fingerprint density at radius 2 is 2.00 bits per heavy atom. The van der Waals surface area contributed by atoms with Gasteiger partial charge in [-0.2, -0.15) is 4.39 Å². The molecule has 0 unspecified atom stereocenters. The van der Waals surface area contributed by atoms with Crippen molar-refractivity contribution in [2.45, 2.75) is 12.8 Å². The van der Waals surface area contributed by atoms with Gasteiger partial charge in [0.15, 0.2) is 0 Å². The number of rotatable bonds is 2. The molecule has 1 aromatic heterocycles. The molecule has 0 aliphatic carbocycles. The average molecular weight is 251 g/mol. The van der Waals surface area contributed by atoms with Gasteiger partial charge in [-0.1, -0.05) is 0 Å². The molecule has 1 aromatic rings. The first-order chi connectivity index (χ1) is 8.58. The summed E-state index contributed by atoms with van der Waals surface area (Å²) >= 11 is 0. The molecule has 0 radical (unpaired) electrons. The fraction of sp³-hybridized carbons (Fsp3) is 0.417. The first-order valence-electron chi connectivity index (χ1n) is 5.78. The molecule has 0 saturated carbocycles. The largest absolute Gasteiger partial charge is 0.369 e. The van der Waals surface area contributed by atoms with Crippen molar-refractivity contribution in [3.8, 4) is 0 Å². The Balaban J connectivity index is 1.99. The Morgan fingerprint density at radius 3 is 2.50 bits per heavy atom. The van der Waals surface area contributed by atoms with Crippen molar-refractivity contribution in [1.29, 1.82) is 0 Å². The van der Waals surface area contributed by atoms with Crippen molar-refractivity contribution in [2.75, 3.05) is 13.1 Å². The number of piperidine rings is 1. The zero-order chi connectivity index (χ0) is 13.1. The summed E-state index contributed by atoms with van der Waals surface area (Å²) in [6, 6.07) is 2.56. The molecule has 6 heteroatoms. The van der Waals surface area contributed by atoms with E-state index in [1.54, 1.807) is 4.90 Å². The van der Waals surface area contributed by atoms with Gasteiger partial charge in [0.25, 0.3) is 5.91 Å². The van der Waals surface area contributed by atoms with Crippen LogP contribution in [0.3, 0.4) is 0 Å². The van der Waals surface area contributed by atoms with Gasteiger partial charge in [-0.3, -0.25) is 9.59 Å². The number of pyridine rings is 1. The van der Waals surface area contributed by atoms with E-state index in [1.165, 1.54) is 12.3 Å².